The Morgan fingerprint density at radius 1 is 1.29 bits per heavy atom. The third kappa shape index (κ3) is 1.63. The minimum absolute atomic E-state index is 0.0772. The number of hydrogen-bond donors (Lipinski definition) is 0. The van der Waals surface area contributed by atoms with Crippen LogP contribution in [0.1, 0.15) is 25.8 Å². The van der Waals surface area contributed by atoms with Crippen molar-refractivity contribution in [1.29, 1.82) is 0 Å². The fraction of sp³-hybridized carbons (Fsp3) is 0.308. The zero-order valence-corrected chi connectivity index (χ0v) is 8.70. The number of rotatable bonds is 3. The van der Waals surface area contributed by atoms with Gasteiger partial charge in [0.2, 0.25) is 0 Å². The van der Waals surface area contributed by atoms with Gasteiger partial charge in [0.1, 0.15) is 5.54 Å². The summed E-state index contributed by atoms with van der Waals surface area (Å²) in [6.07, 6.45) is 5.29. The predicted molar refractivity (Wildman–Crippen MR) is 60.8 cm³/mol. The molecule has 0 radical (unpaired) electrons. The zero-order chi connectivity index (χ0) is 10.0. The number of allylic oxidation sites excluding steroid dienone is 1. The molecule has 72 valence electrons. The molecule has 1 heteroatoms. The summed E-state index contributed by atoms with van der Waals surface area (Å²) in [7, 11) is 0. The maximum Gasteiger partial charge on any atom is 0.104 e. The van der Waals surface area contributed by atoms with Crippen molar-refractivity contribution < 1.29 is 0 Å². The van der Waals surface area contributed by atoms with Crippen molar-refractivity contribution in [3.63, 3.8) is 0 Å². The topological polar surface area (TPSA) is 12.4 Å². The third-order valence-electron chi connectivity index (χ3n) is 2.62. The van der Waals surface area contributed by atoms with E-state index < -0.39 is 0 Å². The Morgan fingerprint density at radius 2 is 2.00 bits per heavy atom. The highest BCUT2D eigenvalue weighted by Gasteiger charge is 2.41. The van der Waals surface area contributed by atoms with E-state index in [1.54, 1.807) is 0 Å². The Labute approximate surface area is 85.2 Å². The summed E-state index contributed by atoms with van der Waals surface area (Å²) in [5.41, 5.74) is 2.59. The number of aliphatic imine (C=N–C) groups is 1. The Hall–Kier alpha value is -1.37. The van der Waals surface area contributed by atoms with Gasteiger partial charge in [-0.3, -0.25) is 4.99 Å². The summed E-state index contributed by atoms with van der Waals surface area (Å²) in [4.78, 5) is 4.56. The molecule has 1 nitrogen and oxygen atoms in total. The summed E-state index contributed by atoms with van der Waals surface area (Å²) in [6.45, 7) is 4.24. The van der Waals surface area contributed by atoms with Gasteiger partial charge in [-0.1, -0.05) is 42.5 Å². The fourth-order valence-electron chi connectivity index (χ4n) is 1.68. The monoisotopic (exact) mass is 185 g/mol. The summed E-state index contributed by atoms with van der Waals surface area (Å²) < 4.78 is 0. The minimum Gasteiger partial charge on any atom is -0.273 e. The first-order chi connectivity index (χ1) is 6.76. The first-order valence-electron chi connectivity index (χ1n) is 5.03. The van der Waals surface area contributed by atoms with E-state index in [9.17, 15) is 0 Å². The number of benzene rings is 1. The first-order valence-corrected chi connectivity index (χ1v) is 5.03. The number of hydrogen-bond acceptors (Lipinski definition) is 1. The summed E-state index contributed by atoms with van der Waals surface area (Å²) in [5, 5.41) is 0. The van der Waals surface area contributed by atoms with Crippen molar-refractivity contribution in [3.05, 3.63) is 48.0 Å². The lowest BCUT2D eigenvalue weighted by atomic mass is 9.97. The SMILES string of the molecule is CC=CCC1(C)N=C1c1ccccc1. The van der Waals surface area contributed by atoms with Crippen LogP contribution in [0, 0.1) is 0 Å². The second-order valence-electron chi connectivity index (χ2n) is 3.87. The predicted octanol–water partition coefficient (Wildman–Crippen LogP) is 3.21. The van der Waals surface area contributed by atoms with Crippen LogP contribution in [-0.2, 0) is 0 Å². The molecule has 0 saturated carbocycles. The van der Waals surface area contributed by atoms with Gasteiger partial charge in [0.15, 0.2) is 0 Å². The van der Waals surface area contributed by atoms with Crippen LogP contribution in [-0.4, -0.2) is 11.3 Å². The van der Waals surface area contributed by atoms with E-state index in [4.69, 9.17) is 0 Å². The average Bonchev–Trinajstić information content (AvgIpc) is 2.90. The van der Waals surface area contributed by atoms with Gasteiger partial charge in [-0.15, -0.1) is 0 Å². The second kappa shape index (κ2) is 3.41. The molecule has 0 bridgehead atoms. The van der Waals surface area contributed by atoms with Crippen LogP contribution in [0.4, 0.5) is 0 Å². The van der Waals surface area contributed by atoms with E-state index >= 15 is 0 Å². The Balaban J connectivity index is 2.08. The first kappa shape index (κ1) is 9.20. The lowest BCUT2D eigenvalue weighted by Gasteiger charge is -2.04. The highest BCUT2D eigenvalue weighted by Crippen LogP contribution is 2.35. The molecule has 1 aromatic rings. The van der Waals surface area contributed by atoms with Crippen LogP contribution in [0.5, 0.6) is 0 Å². The average molecular weight is 185 g/mol. The van der Waals surface area contributed by atoms with Crippen LogP contribution in [0.3, 0.4) is 0 Å². The molecule has 0 N–H and O–H groups in total. The quantitative estimate of drug-likeness (QED) is 0.641. The molecule has 0 saturated heterocycles. The van der Waals surface area contributed by atoms with Gasteiger partial charge >= 0.3 is 0 Å². The van der Waals surface area contributed by atoms with Gasteiger partial charge in [-0.05, 0) is 25.8 Å². The lowest BCUT2D eigenvalue weighted by molar-refractivity contribution is 0.744. The van der Waals surface area contributed by atoms with E-state index in [0.29, 0.717) is 0 Å². The standard InChI is InChI=1S/C13H15N/c1-3-4-10-13(2)12(14-13)11-8-6-5-7-9-11/h3-9H,10H2,1-2H3. The van der Waals surface area contributed by atoms with Gasteiger partial charge < -0.3 is 0 Å². The second-order valence-corrected chi connectivity index (χ2v) is 3.87. The molecule has 1 unspecified atom stereocenters. The van der Waals surface area contributed by atoms with Crippen molar-refractivity contribution in [2.75, 3.05) is 0 Å². The molecule has 0 aliphatic carbocycles. The maximum absolute atomic E-state index is 4.56. The Morgan fingerprint density at radius 3 is 2.64 bits per heavy atom. The zero-order valence-electron chi connectivity index (χ0n) is 8.70. The Kier molecular flexibility index (Phi) is 2.24. The van der Waals surface area contributed by atoms with Gasteiger partial charge in [-0.25, -0.2) is 0 Å². The molecule has 14 heavy (non-hydrogen) atoms. The highest BCUT2D eigenvalue weighted by atomic mass is 15.0. The van der Waals surface area contributed by atoms with Gasteiger partial charge in [0, 0.05) is 0 Å². The van der Waals surface area contributed by atoms with Crippen molar-refractivity contribution in [2.24, 2.45) is 4.99 Å². The van der Waals surface area contributed by atoms with Crippen molar-refractivity contribution in [3.8, 4) is 0 Å². The van der Waals surface area contributed by atoms with E-state index in [1.807, 2.05) is 13.0 Å². The molecule has 1 aliphatic heterocycles. The lowest BCUT2D eigenvalue weighted by Crippen LogP contribution is -2.13. The molecule has 1 atom stereocenters. The van der Waals surface area contributed by atoms with Crippen LogP contribution < -0.4 is 0 Å². The molecule has 1 heterocycles. The smallest absolute Gasteiger partial charge is 0.104 e. The minimum atomic E-state index is 0.0772. The third-order valence-corrected chi connectivity index (χ3v) is 2.62. The highest BCUT2D eigenvalue weighted by molar-refractivity contribution is 6.16. The molecule has 1 aliphatic rings. The van der Waals surface area contributed by atoms with Crippen molar-refractivity contribution in [1.82, 2.24) is 0 Å². The van der Waals surface area contributed by atoms with Gasteiger partial charge in [0.05, 0.1) is 5.71 Å². The maximum atomic E-state index is 4.56. The van der Waals surface area contributed by atoms with Crippen LogP contribution in [0.15, 0.2) is 47.5 Å². The molecule has 0 aromatic heterocycles. The largest absolute Gasteiger partial charge is 0.273 e. The summed E-state index contributed by atoms with van der Waals surface area (Å²) >= 11 is 0. The molecule has 1 aromatic carbocycles. The molecular weight excluding hydrogens is 170 g/mol. The molecular formula is C13H15N. The summed E-state index contributed by atoms with van der Waals surface area (Å²) in [5.74, 6) is 0. The van der Waals surface area contributed by atoms with E-state index in [2.05, 4.69) is 48.3 Å². The van der Waals surface area contributed by atoms with Crippen LogP contribution in [0.25, 0.3) is 0 Å². The molecule has 0 fully saturated rings. The van der Waals surface area contributed by atoms with Crippen molar-refractivity contribution in [2.45, 2.75) is 25.8 Å². The van der Waals surface area contributed by atoms with Crippen LogP contribution >= 0.6 is 0 Å². The molecule has 0 spiro atoms. The van der Waals surface area contributed by atoms with E-state index in [1.165, 1.54) is 11.3 Å². The van der Waals surface area contributed by atoms with Gasteiger partial charge in [0.25, 0.3) is 0 Å². The normalized spacial score (nSPS) is 25.1. The summed E-state index contributed by atoms with van der Waals surface area (Å²) in [6, 6.07) is 10.4. The van der Waals surface area contributed by atoms with E-state index in [0.717, 1.165) is 6.42 Å². The number of nitrogens with zero attached hydrogens (tertiary/aromatic N) is 1. The molecule has 0 amide bonds. The van der Waals surface area contributed by atoms with Gasteiger partial charge in [-0.2, -0.15) is 0 Å². The van der Waals surface area contributed by atoms with E-state index in [-0.39, 0.29) is 5.54 Å². The Bertz CT molecular complexity index is 375. The van der Waals surface area contributed by atoms with Crippen LogP contribution in [0.2, 0.25) is 0 Å². The molecule has 2 rings (SSSR count). The van der Waals surface area contributed by atoms with Crippen molar-refractivity contribution >= 4 is 5.71 Å². The fourth-order valence-corrected chi connectivity index (χ4v) is 1.68.